The number of rotatable bonds is 2. The van der Waals surface area contributed by atoms with Crippen LogP contribution in [0.15, 0.2) is 0 Å². The lowest BCUT2D eigenvalue weighted by Gasteiger charge is -2.19. The molecule has 0 aromatic rings. The van der Waals surface area contributed by atoms with E-state index in [1.165, 1.54) is 5.06 Å². The topological polar surface area (TPSA) is 12.5 Å². The molecule has 4 heteroatoms. The van der Waals surface area contributed by atoms with Crippen LogP contribution in [-0.2, 0) is 4.84 Å². The van der Waals surface area contributed by atoms with Crippen LogP contribution in [0.5, 0.6) is 0 Å². The largest absolute Gasteiger partial charge is 0.368 e. The molecule has 1 heterocycles. The van der Waals surface area contributed by atoms with Crippen molar-refractivity contribution >= 4 is 0 Å². The van der Waals surface area contributed by atoms with Gasteiger partial charge in [0, 0.05) is 20.0 Å². The molecule has 0 aliphatic carbocycles. The smallest absolute Gasteiger partial charge is 0.230 e. The van der Waals surface area contributed by atoms with Gasteiger partial charge in [0.15, 0.2) is 0 Å². The third-order valence-corrected chi connectivity index (χ3v) is 1.35. The molecular weight excluding hydrogens is 140 g/mol. The molecule has 0 aromatic heterocycles. The second-order valence-corrected chi connectivity index (χ2v) is 2.54. The van der Waals surface area contributed by atoms with Crippen LogP contribution in [0, 0.1) is 0 Å². The van der Waals surface area contributed by atoms with E-state index >= 15 is 0 Å². The molecule has 10 heavy (non-hydrogen) atoms. The molecule has 1 aliphatic rings. The predicted molar refractivity (Wildman–Crippen MR) is 32.5 cm³/mol. The van der Waals surface area contributed by atoms with Crippen LogP contribution in [0.25, 0.3) is 0 Å². The predicted octanol–water partition coefficient (Wildman–Crippen LogP) is 1.63. The van der Waals surface area contributed by atoms with Crippen molar-refractivity contribution in [3.8, 4) is 0 Å². The molecule has 0 amide bonds. The minimum Gasteiger partial charge on any atom is -0.230 e. The van der Waals surface area contributed by atoms with Crippen molar-refractivity contribution in [2.45, 2.75) is 25.9 Å². The average Bonchev–Trinajstić information content (AvgIpc) is 2.12. The highest BCUT2D eigenvalue weighted by Crippen LogP contribution is 2.18. The van der Waals surface area contributed by atoms with E-state index in [-0.39, 0.29) is 0 Å². The van der Waals surface area contributed by atoms with Gasteiger partial charge in [-0.15, -0.1) is 0 Å². The van der Waals surface area contributed by atoms with Gasteiger partial charge in [0.1, 0.15) is 0 Å². The molecule has 2 nitrogen and oxygen atoms in total. The van der Waals surface area contributed by atoms with Crippen LogP contribution in [-0.4, -0.2) is 24.3 Å². The molecule has 1 saturated heterocycles. The van der Waals surface area contributed by atoms with E-state index in [9.17, 15) is 8.78 Å². The van der Waals surface area contributed by atoms with Crippen LogP contribution in [0.4, 0.5) is 8.78 Å². The van der Waals surface area contributed by atoms with Crippen molar-refractivity contribution < 1.29 is 13.6 Å². The van der Waals surface area contributed by atoms with Crippen molar-refractivity contribution in [1.29, 1.82) is 0 Å². The summed E-state index contributed by atoms with van der Waals surface area (Å²) in [6.45, 7) is 2.01. The SMILES string of the molecule is CC(F)(F)ON1CCCC1. The van der Waals surface area contributed by atoms with Crippen LogP contribution >= 0.6 is 0 Å². The van der Waals surface area contributed by atoms with E-state index in [4.69, 9.17) is 0 Å². The first-order valence-electron chi connectivity index (χ1n) is 3.40. The van der Waals surface area contributed by atoms with Gasteiger partial charge in [0.2, 0.25) is 0 Å². The molecular formula is C6H11F2NO. The Morgan fingerprint density at radius 1 is 1.30 bits per heavy atom. The van der Waals surface area contributed by atoms with Gasteiger partial charge in [0.05, 0.1) is 0 Å². The number of halogens is 2. The molecule has 0 saturated carbocycles. The minimum atomic E-state index is -3.01. The normalized spacial score (nSPS) is 21.9. The zero-order valence-electron chi connectivity index (χ0n) is 5.94. The summed E-state index contributed by atoms with van der Waals surface area (Å²) in [6, 6.07) is 0. The molecule has 0 atom stereocenters. The van der Waals surface area contributed by atoms with Gasteiger partial charge in [0.25, 0.3) is 0 Å². The summed E-state index contributed by atoms with van der Waals surface area (Å²) in [5.41, 5.74) is 0. The Labute approximate surface area is 58.7 Å². The molecule has 0 spiro atoms. The van der Waals surface area contributed by atoms with Crippen molar-refractivity contribution in [2.24, 2.45) is 0 Å². The summed E-state index contributed by atoms with van der Waals surface area (Å²) in [6.07, 6.45) is -1.10. The van der Waals surface area contributed by atoms with Crippen molar-refractivity contribution in [1.82, 2.24) is 5.06 Å². The van der Waals surface area contributed by atoms with E-state index in [0.29, 0.717) is 13.1 Å². The van der Waals surface area contributed by atoms with Crippen LogP contribution in [0.1, 0.15) is 19.8 Å². The van der Waals surface area contributed by atoms with Crippen molar-refractivity contribution in [2.75, 3.05) is 13.1 Å². The summed E-state index contributed by atoms with van der Waals surface area (Å²) in [5.74, 6) is 0. The van der Waals surface area contributed by atoms with Gasteiger partial charge in [-0.2, -0.15) is 13.8 Å². The first-order valence-corrected chi connectivity index (χ1v) is 3.40. The Kier molecular flexibility index (Phi) is 2.21. The number of hydrogen-bond acceptors (Lipinski definition) is 2. The Morgan fingerprint density at radius 3 is 2.20 bits per heavy atom. The van der Waals surface area contributed by atoms with Gasteiger partial charge in [-0.3, -0.25) is 0 Å². The highest BCUT2D eigenvalue weighted by Gasteiger charge is 2.27. The lowest BCUT2D eigenvalue weighted by atomic mass is 10.4. The number of alkyl halides is 2. The molecule has 60 valence electrons. The summed E-state index contributed by atoms with van der Waals surface area (Å²) < 4.78 is 24.2. The first kappa shape index (κ1) is 7.88. The van der Waals surface area contributed by atoms with Gasteiger partial charge in [-0.05, 0) is 12.8 Å². The molecule has 1 fully saturated rings. The average molecular weight is 151 g/mol. The van der Waals surface area contributed by atoms with Gasteiger partial charge >= 0.3 is 6.11 Å². The summed E-state index contributed by atoms with van der Waals surface area (Å²) >= 11 is 0. The molecule has 0 radical (unpaired) electrons. The maximum Gasteiger partial charge on any atom is 0.368 e. The molecule has 0 bridgehead atoms. The Hall–Kier alpha value is -0.220. The zero-order valence-corrected chi connectivity index (χ0v) is 5.94. The quantitative estimate of drug-likeness (QED) is 0.594. The lowest BCUT2D eigenvalue weighted by Crippen LogP contribution is -2.29. The van der Waals surface area contributed by atoms with Gasteiger partial charge < -0.3 is 0 Å². The summed E-state index contributed by atoms with van der Waals surface area (Å²) in [7, 11) is 0. The zero-order chi connectivity index (χ0) is 7.61. The molecule has 0 N–H and O–H groups in total. The second kappa shape index (κ2) is 2.80. The van der Waals surface area contributed by atoms with E-state index in [0.717, 1.165) is 19.8 Å². The first-order chi connectivity index (χ1) is 4.58. The number of hydrogen-bond donors (Lipinski definition) is 0. The maximum absolute atomic E-state index is 12.1. The van der Waals surface area contributed by atoms with Gasteiger partial charge in [-0.25, -0.2) is 4.84 Å². The van der Waals surface area contributed by atoms with Gasteiger partial charge in [-0.1, -0.05) is 0 Å². The fourth-order valence-electron chi connectivity index (χ4n) is 1.01. The monoisotopic (exact) mass is 151 g/mol. The van der Waals surface area contributed by atoms with Crippen LogP contribution < -0.4 is 0 Å². The molecule has 1 rings (SSSR count). The standard InChI is InChI=1S/C6H11F2NO/c1-6(7,8)10-9-4-2-3-5-9/h2-5H2,1H3. The third kappa shape index (κ3) is 2.58. The van der Waals surface area contributed by atoms with E-state index in [1.54, 1.807) is 0 Å². The molecule has 0 aromatic carbocycles. The van der Waals surface area contributed by atoms with Crippen LogP contribution in [0.2, 0.25) is 0 Å². The van der Waals surface area contributed by atoms with E-state index in [1.807, 2.05) is 0 Å². The fraction of sp³-hybridized carbons (Fsp3) is 1.00. The van der Waals surface area contributed by atoms with E-state index < -0.39 is 6.11 Å². The van der Waals surface area contributed by atoms with Crippen LogP contribution in [0.3, 0.4) is 0 Å². The minimum absolute atomic E-state index is 0.628. The number of hydroxylamine groups is 2. The fourth-order valence-corrected chi connectivity index (χ4v) is 1.01. The summed E-state index contributed by atoms with van der Waals surface area (Å²) in [4.78, 5) is 4.30. The number of nitrogens with zero attached hydrogens (tertiary/aromatic N) is 1. The Balaban J connectivity index is 2.24. The summed E-state index contributed by atoms with van der Waals surface area (Å²) in [5, 5.41) is 1.32. The lowest BCUT2D eigenvalue weighted by molar-refractivity contribution is -0.339. The second-order valence-electron chi connectivity index (χ2n) is 2.54. The Bertz CT molecular complexity index is 107. The highest BCUT2D eigenvalue weighted by atomic mass is 19.3. The molecule has 1 aliphatic heterocycles. The van der Waals surface area contributed by atoms with E-state index in [2.05, 4.69) is 4.84 Å². The maximum atomic E-state index is 12.1. The molecule has 0 unspecified atom stereocenters. The van der Waals surface area contributed by atoms with Crippen molar-refractivity contribution in [3.05, 3.63) is 0 Å². The Morgan fingerprint density at radius 2 is 1.80 bits per heavy atom. The highest BCUT2D eigenvalue weighted by molar-refractivity contribution is 4.57. The van der Waals surface area contributed by atoms with Crippen molar-refractivity contribution in [3.63, 3.8) is 0 Å². The third-order valence-electron chi connectivity index (χ3n) is 1.35.